The number of fused-ring (bicyclic) bond motifs is 1. The fourth-order valence-electron chi connectivity index (χ4n) is 4.12. The Balaban J connectivity index is 1.28. The first kappa shape index (κ1) is 17.1. The minimum atomic E-state index is -0.436. The number of anilines is 1. The summed E-state index contributed by atoms with van der Waals surface area (Å²) in [7, 11) is 0. The first-order chi connectivity index (χ1) is 13.6. The van der Waals surface area contributed by atoms with Crippen molar-refractivity contribution in [1.29, 1.82) is 0 Å². The van der Waals surface area contributed by atoms with Gasteiger partial charge in [-0.05, 0) is 45.0 Å². The summed E-state index contributed by atoms with van der Waals surface area (Å²) in [5.74, 6) is 1.37. The van der Waals surface area contributed by atoms with E-state index in [0.29, 0.717) is 5.76 Å². The van der Waals surface area contributed by atoms with Crippen molar-refractivity contribution in [2.24, 2.45) is 0 Å². The number of imide groups is 1. The first-order valence-electron chi connectivity index (χ1n) is 9.50. The molecule has 1 unspecified atom stereocenters. The van der Waals surface area contributed by atoms with Crippen LogP contribution in [0.2, 0.25) is 0 Å². The average molecular weight is 380 g/mol. The lowest BCUT2D eigenvalue weighted by Crippen LogP contribution is -2.45. The minimum Gasteiger partial charge on any atom is -0.440 e. The molecule has 0 spiro atoms. The lowest BCUT2D eigenvalue weighted by atomic mass is 9.95. The number of carbonyl (C=O) groups excluding carboxylic acids is 2. The molecule has 0 radical (unpaired) electrons. The number of aromatic nitrogens is 2. The zero-order valence-electron chi connectivity index (χ0n) is 15.5. The molecule has 0 saturated carbocycles. The summed E-state index contributed by atoms with van der Waals surface area (Å²) in [6, 6.07) is 8.92. The van der Waals surface area contributed by atoms with E-state index in [1.165, 1.54) is 0 Å². The Morgan fingerprint density at radius 2 is 1.93 bits per heavy atom. The highest BCUT2D eigenvalue weighted by Crippen LogP contribution is 2.33. The molecular formula is C20H20N4O4. The monoisotopic (exact) mass is 380 g/mol. The second-order valence-electron chi connectivity index (χ2n) is 7.41. The van der Waals surface area contributed by atoms with E-state index in [-0.39, 0.29) is 30.0 Å². The van der Waals surface area contributed by atoms with Crippen molar-refractivity contribution in [1.82, 2.24) is 15.0 Å². The van der Waals surface area contributed by atoms with Crippen LogP contribution in [0.25, 0.3) is 11.1 Å². The van der Waals surface area contributed by atoms with Crippen molar-refractivity contribution in [3.8, 4) is 0 Å². The fraction of sp³-hybridized carbons (Fsp3) is 0.400. The molecule has 3 aromatic rings. The predicted octanol–water partition coefficient (Wildman–Crippen LogP) is 2.64. The summed E-state index contributed by atoms with van der Waals surface area (Å²) in [6.07, 6.45) is 1.86. The number of carbonyl (C=O) groups is 2. The van der Waals surface area contributed by atoms with Gasteiger partial charge in [0.25, 0.3) is 5.91 Å². The molecule has 8 heteroatoms. The SMILES string of the molecule is Cc1cc(N2C(=O)CC(N3CCC(c4nc5ccccc5o4)CC3)C2=O)no1. The number of aryl methyl sites for hydroxylation is 1. The van der Waals surface area contributed by atoms with Crippen LogP contribution in [-0.2, 0) is 9.59 Å². The van der Waals surface area contributed by atoms with Gasteiger partial charge in [-0.1, -0.05) is 17.3 Å². The zero-order valence-corrected chi connectivity index (χ0v) is 15.5. The van der Waals surface area contributed by atoms with Crippen molar-refractivity contribution in [2.45, 2.75) is 38.1 Å². The number of benzene rings is 1. The van der Waals surface area contributed by atoms with E-state index in [4.69, 9.17) is 8.94 Å². The molecular weight excluding hydrogens is 360 g/mol. The molecule has 2 amide bonds. The molecule has 144 valence electrons. The summed E-state index contributed by atoms with van der Waals surface area (Å²) in [4.78, 5) is 33.1. The minimum absolute atomic E-state index is 0.179. The van der Waals surface area contributed by atoms with Crippen molar-refractivity contribution in [3.05, 3.63) is 42.0 Å². The molecule has 1 atom stereocenters. The zero-order chi connectivity index (χ0) is 19.3. The highest BCUT2D eigenvalue weighted by molar-refractivity contribution is 6.21. The molecule has 4 heterocycles. The Morgan fingerprint density at radius 3 is 2.64 bits per heavy atom. The van der Waals surface area contributed by atoms with Gasteiger partial charge in [0, 0.05) is 12.0 Å². The van der Waals surface area contributed by atoms with Crippen LogP contribution in [0.15, 0.2) is 39.3 Å². The number of para-hydroxylation sites is 2. The van der Waals surface area contributed by atoms with Crippen LogP contribution >= 0.6 is 0 Å². The van der Waals surface area contributed by atoms with Crippen LogP contribution in [0.3, 0.4) is 0 Å². The van der Waals surface area contributed by atoms with Crippen LogP contribution in [0.1, 0.15) is 36.8 Å². The van der Waals surface area contributed by atoms with E-state index in [1.807, 2.05) is 24.3 Å². The van der Waals surface area contributed by atoms with E-state index in [2.05, 4.69) is 15.0 Å². The predicted molar refractivity (Wildman–Crippen MR) is 99.7 cm³/mol. The van der Waals surface area contributed by atoms with Crippen molar-refractivity contribution in [2.75, 3.05) is 18.0 Å². The average Bonchev–Trinajstić information content (AvgIpc) is 3.39. The van der Waals surface area contributed by atoms with Crippen molar-refractivity contribution in [3.63, 3.8) is 0 Å². The van der Waals surface area contributed by atoms with Crippen molar-refractivity contribution < 1.29 is 18.5 Å². The van der Waals surface area contributed by atoms with Gasteiger partial charge in [0.15, 0.2) is 17.3 Å². The molecule has 5 rings (SSSR count). The van der Waals surface area contributed by atoms with Gasteiger partial charge in [-0.3, -0.25) is 14.5 Å². The van der Waals surface area contributed by atoms with Crippen molar-refractivity contribution >= 4 is 28.7 Å². The first-order valence-corrected chi connectivity index (χ1v) is 9.50. The Kier molecular flexibility index (Phi) is 4.01. The number of hydrogen-bond donors (Lipinski definition) is 0. The van der Waals surface area contributed by atoms with Crippen LogP contribution in [0, 0.1) is 6.92 Å². The highest BCUT2D eigenvalue weighted by Gasteiger charge is 2.44. The maximum Gasteiger partial charge on any atom is 0.252 e. The number of hydrogen-bond acceptors (Lipinski definition) is 7. The highest BCUT2D eigenvalue weighted by atomic mass is 16.5. The molecule has 2 saturated heterocycles. The van der Waals surface area contributed by atoms with Gasteiger partial charge >= 0.3 is 0 Å². The van der Waals surface area contributed by atoms with E-state index >= 15 is 0 Å². The maximum absolute atomic E-state index is 12.8. The second kappa shape index (κ2) is 6.56. The standard InChI is InChI=1S/C20H20N4O4/c1-12-10-17(22-28-12)24-18(25)11-15(20(24)26)23-8-6-13(7-9-23)19-21-14-4-2-3-5-16(14)27-19/h2-5,10,13,15H,6-9,11H2,1H3. The normalized spacial score (nSPS) is 21.9. The van der Waals surface area contributed by atoms with E-state index in [9.17, 15) is 9.59 Å². The number of nitrogens with zero attached hydrogens (tertiary/aromatic N) is 4. The molecule has 2 aromatic heterocycles. The van der Waals surface area contributed by atoms with Gasteiger partial charge in [-0.15, -0.1) is 0 Å². The number of likely N-dealkylation sites (tertiary alicyclic amines) is 1. The molecule has 0 bridgehead atoms. The Labute approximate surface area is 161 Å². The van der Waals surface area contributed by atoms with E-state index < -0.39 is 6.04 Å². The summed E-state index contributed by atoms with van der Waals surface area (Å²) in [6.45, 7) is 3.17. The molecule has 2 fully saturated rings. The Hall–Kier alpha value is -3.00. The topological polar surface area (TPSA) is 92.7 Å². The van der Waals surface area contributed by atoms with E-state index in [0.717, 1.165) is 47.8 Å². The molecule has 0 N–H and O–H groups in total. The number of rotatable bonds is 3. The summed E-state index contributed by atoms with van der Waals surface area (Å²) < 4.78 is 10.9. The lowest BCUT2D eigenvalue weighted by molar-refractivity contribution is -0.123. The summed E-state index contributed by atoms with van der Waals surface area (Å²) in [5.41, 5.74) is 1.67. The third-order valence-electron chi connectivity index (χ3n) is 5.60. The number of amides is 2. The smallest absolute Gasteiger partial charge is 0.252 e. The maximum atomic E-state index is 12.8. The van der Waals surface area contributed by atoms with Gasteiger partial charge in [-0.2, -0.15) is 0 Å². The molecule has 28 heavy (non-hydrogen) atoms. The van der Waals surface area contributed by atoms with E-state index in [1.54, 1.807) is 13.0 Å². The molecule has 2 aliphatic rings. The van der Waals surface area contributed by atoms with Crippen LogP contribution < -0.4 is 4.90 Å². The lowest BCUT2D eigenvalue weighted by Gasteiger charge is -2.33. The van der Waals surface area contributed by atoms with Gasteiger partial charge < -0.3 is 8.94 Å². The fourth-order valence-corrected chi connectivity index (χ4v) is 4.12. The van der Waals surface area contributed by atoms with Gasteiger partial charge in [-0.25, -0.2) is 9.88 Å². The van der Waals surface area contributed by atoms with Crippen LogP contribution in [0.4, 0.5) is 5.82 Å². The summed E-state index contributed by atoms with van der Waals surface area (Å²) >= 11 is 0. The third kappa shape index (κ3) is 2.80. The Bertz CT molecular complexity index is 1010. The van der Waals surface area contributed by atoms with Gasteiger partial charge in [0.2, 0.25) is 5.91 Å². The molecule has 8 nitrogen and oxygen atoms in total. The Morgan fingerprint density at radius 1 is 1.14 bits per heavy atom. The third-order valence-corrected chi connectivity index (χ3v) is 5.60. The largest absolute Gasteiger partial charge is 0.440 e. The number of oxazole rings is 1. The molecule has 1 aromatic carbocycles. The van der Waals surface area contributed by atoms with Gasteiger partial charge in [0.1, 0.15) is 11.3 Å². The summed E-state index contributed by atoms with van der Waals surface area (Å²) in [5, 5.41) is 3.82. The van der Waals surface area contributed by atoms with Crippen LogP contribution in [0.5, 0.6) is 0 Å². The number of piperidine rings is 1. The molecule has 2 aliphatic heterocycles. The quantitative estimate of drug-likeness (QED) is 0.645. The van der Waals surface area contributed by atoms with Gasteiger partial charge in [0.05, 0.1) is 12.5 Å². The molecule has 0 aliphatic carbocycles. The van der Waals surface area contributed by atoms with Crippen LogP contribution in [-0.4, -0.2) is 46.0 Å². The second-order valence-corrected chi connectivity index (χ2v) is 7.41.